The van der Waals surface area contributed by atoms with Crippen LogP contribution in [0.2, 0.25) is 0 Å². The van der Waals surface area contributed by atoms with Gasteiger partial charge in [-0.15, -0.1) is 11.8 Å². The monoisotopic (exact) mass is 361 g/mol. The molecular weight excluding hydrogens is 340 g/mol. The molecule has 3 heterocycles. The van der Waals surface area contributed by atoms with Crippen LogP contribution in [0.5, 0.6) is 0 Å². The van der Waals surface area contributed by atoms with Crippen LogP contribution in [0.25, 0.3) is 0 Å². The fourth-order valence-electron chi connectivity index (χ4n) is 3.01. The molecule has 3 aliphatic rings. The zero-order valence-electron chi connectivity index (χ0n) is 14.1. The van der Waals surface area contributed by atoms with E-state index in [9.17, 15) is 9.59 Å². The second-order valence-electron chi connectivity index (χ2n) is 6.24. The third-order valence-electron chi connectivity index (χ3n) is 4.46. The van der Waals surface area contributed by atoms with Gasteiger partial charge in [0, 0.05) is 17.0 Å². The Morgan fingerprint density at radius 3 is 3.12 bits per heavy atom. The first-order valence-corrected chi connectivity index (χ1v) is 9.13. The number of fused-ring (bicyclic) bond motifs is 1. The molecule has 0 bridgehead atoms. The molecule has 3 atom stereocenters. The lowest BCUT2D eigenvalue weighted by molar-refractivity contribution is -0.442. The van der Waals surface area contributed by atoms with Crippen molar-refractivity contribution in [2.24, 2.45) is 11.1 Å². The van der Waals surface area contributed by atoms with Gasteiger partial charge >= 0.3 is 0 Å². The van der Waals surface area contributed by atoms with Crippen molar-refractivity contribution in [2.75, 3.05) is 12.3 Å². The van der Waals surface area contributed by atoms with Crippen molar-refractivity contribution < 1.29 is 19.4 Å². The van der Waals surface area contributed by atoms with Crippen LogP contribution in [0.3, 0.4) is 0 Å². The molecule has 0 aromatic heterocycles. The molecule has 3 aliphatic heterocycles. The van der Waals surface area contributed by atoms with E-state index in [2.05, 4.69) is 40.3 Å². The quantitative estimate of drug-likeness (QED) is 0.256. The lowest BCUT2D eigenvalue weighted by Gasteiger charge is -2.49. The summed E-state index contributed by atoms with van der Waals surface area (Å²) in [6.45, 7) is 4.81. The first kappa shape index (κ1) is 17.5. The van der Waals surface area contributed by atoms with Gasteiger partial charge in [0.05, 0.1) is 0 Å². The molecule has 0 aromatic carbocycles. The second-order valence-corrected chi connectivity index (χ2v) is 7.34. The van der Waals surface area contributed by atoms with Gasteiger partial charge in [-0.05, 0) is 25.0 Å². The van der Waals surface area contributed by atoms with Crippen molar-refractivity contribution in [3.05, 3.63) is 35.7 Å². The summed E-state index contributed by atoms with van der Waals surface area (Å²) in [5.41, 5.74) is 2.15. The summed E-state index contributed by atoms with van der Waals surface area (Å²) >= 11 is 1.63. The molecule has 0 aromatic rings. The van der Waals surface area contributed by atoms with Crippen molar-refractivity contribution >= 4 is 36.0 Å². The summed E-state index contributed by atoms with van der Waals surface area (Å²) < 4.78 is 2.11. The minimum atomic E-state index is -0.571. The molecule has 1 saturated heterocycles. The first-order valence-electron chi connectivity index (χ1n) is 8.08. The maximum atomic E-state index is 12.4. The Labute approximate surface area is 150 Å². The predicted molar refractivity (Wildman–Crippen MR) is 96.6 cm³/mol. The van der Waals surface area contributed by atoms with Crippen LogP contribution < -0.4 is 5.32 Å². The van der Waals surface area contributed by atoms with Crippen molar-refractivity contribution in [1.29, 1.82) is 0 Å². The molecule has 132 valence electrons. The first-order chi connectivity index (χ1) is 12.0. The van der Waals surface area contributed by atoms with Crippen LogP contribution in [0.15, 0.2) is 40.9 Å². The number of nitrogens with one attached hydrogen (secondary N) is 1. The number of nitrogens with zero attached hydrogens (tertiary/aromatic N) is 3. The van der Waals surface area contributed by atoms with Crippen molar-refractivity contribution in [3.63, 3.8) is 0 Å². The Morgan fingerprint density at radius 2 is 2.36 bits per heavy atom. The Kier molecular flexibility index (Phi) is 5.08. The molecule has 3 unspecified atom stereocenters. The number of carbonyl (C=O) groups excluding carboxylic acids is 2. The van der Waals surface area contributed by atoms with Gasteiger partial charge in [-0.25, -0.2) is 4.58 Å². The molecule has 0 aliphatic carbocycles. The van der Waals surface area contributed by atoms with Crippen molar-refractivity contribution in [1.82, 2.24) is 10.2 Å². The highest BCUT2D eigenvalue weighted by Crippen LogP contribution is 2.39. The lowest BCUT2D eigenvalue weighted by atomic mass is 10.0. The van der Waals surface area contributed by atoms with Gasteiger partial charge in [0.1, 0.15) is 17.6 Å². The smallest absolute Gasteiger partial charge is 0.266 e. The Bertz CT molecular complexity index is 738. The molecule has 0 spiro atoms. The van der Waals surface area contributed by atoms with Gasteiger partial charge in [0.25, 0.3) is 11.8 Å². The summed E-state index contributed by atoms with van der Waals surface area (Å²) in [5, 5.41) is 13.5. The summed E-state index contributed by atoms with van der Waals surface area (Å²) in [4.78, 5) is 25.6. The van der Waals surface area contributed by atoms with E-state index in [1.165, 1.54) is 5.57 Å². The number of rotatable bonds is 4. The number of oxime groups is 1. The number of hydrogen-bond donors (Lipinski definition) is 2. The van der Waals surface area contributed by atoms with E-state index >= 15 is 0 Å². The van der Waals surface area contributed by atoms with E-state index < -0.39 is 11.9 Å². The highest BCUT2D eigenvalue weighted by atomic mass is 32.2. The highest BCUT2D eigenvalue weighted by Gasteiger charge is 2.51. The zero-order chi connectivity index (χ0) is 18.0. The number of carbonyl (C=O) groups is 2. The predicted octanol–water partition coefficient (Wildman–Crippen LogP) is 0.923. The van der Waals surface area contributed by atoms with E-state index in [0.717, 1.165) is 24.2 Å². The Balaban J connectivity index is 1.70. The van der Waals surface area contributed by atoms with Crippen LogP contribution >= 0.6 is 11.8 Å². The zero-order valence-corrected chi connectivity index (χ0v) is 14.9. The number of amides is 2. The summed E-state index contributed by atoms with van der Waals surface area (Å²) in [5.74, 6) is 0.512. The minimum absolute atomic E-state index is 0.101. The number of allylic oxidation sites excluding steroid dienone is 4. The van der Waals surface area contributed by atoms with E-state index in [4.69, 9.17) is 5.21 Å². The van der Waals surface area contributed by atoms with Crippen LogP contribution in [-0.2, 0) is 9.59 Å². The van der Waals surface area contributed by atoms with Crippen LogP contribution in [0, 0.1) is 5.92 Å². The second kappa shape index (κ2) is 7.26. The fraction of sp³-hybridized carbons (Fsp3) is 0.412. The fourth-order valence-corrected chi connectivity index (χ4v) is 4.47. The van der Waals surface area contributed by atoms with E-state index in [-0.39, 0.29) is 11.3 Å². The van der Waals surface area contributed by atoms with Crippen LogP contribution in [-0.4, -0.2) is 62.6 Å². The number of hydrogen-bond acceptors (Lipinski definition) is 5. The normalized spacial score (nSPS) is 28.6. The third kappa shape index (κ3) is 3.53. The van der Waals surface area contributed by atoms with E-state index in [0.29, 0.717) is 5.92 Å². The lowest BCUT2D eigenvalue weighted by Crippen LogP contribution is -2.69. The molecule has 25 heavy (non-hydrogen) atoms. The summed E-state index contributed by atoms with van der Waals surface area (Å²) in [6.07, 6.45) is 11.2. The molecule has 2 N–H and O–H groups in total. The van der Waals surface area contributed by atoms with Gasteiger partial charge in [-0.1, -0.05) is 18.2 Å². The molecule has 2 amide bonds. The molecule has 0 radical (unpaired) electrons. The molecule has 0 saturated carbocycles. The Morgan fingerprint density at radius 1 is 1.56 bits per heavy atom. The molecule has 7 nitrogen and oxygen atoms in total. The SMILES string of the molecule is CC1=C(C[N+]2=CC=CC(C)C=C2)CSC2C(NC(=O)/C=N\O)C(=O)N12. The van der Waals surface area contributed by atoms with Gasteiger partial charge in [-0.2, -0.15) is 0 Å². The maximum Gasteiger partial charge on any atom is 0.266 e. The summed E-state index contributed by atoms with van der Waals surface area (Å²) in [6, 6.07) is -0.569. The van der Waals surface area contributed by atoms with Gasteiger partial charge in [0.2, 0.25) is 0 Å². The molecule has 8 heteroatoms. The van der Waals surface area contributed by atoms with Gasteiger partial charge < -0.3 is 10.5 Å². The summed E-state index contributed by atoms with van der Waals surface area (Å²) in [7, 11) is 0. The maximum absolute atomic E-state index is 12.4. The standard InChI is InChI=1S/C17H20N4O3S/c1-11-4-3-6-20(7-5-11)9-13-10-25-17-15(19-14(22)8-18-24)16(23)21(17)12(13)2/h3-8,11,15,17H,9-10H2,1-2H3,(H-,19,22,24)/p+1. The largest absolute Gasteiger partial charge is 0.411 e. The molecular formula is C17H21N4O3S+. The van der Waals surface area contributed by atoms with Gasteiger partial charge in [0.15, 0.2) is 19.0 Å². The topological polar surface area (TPSA) is 85.0 Å². The van der Waals surface area contributed by atoms with Gasteiger partial charge in [-0.3, -0.25) is 14.5 Å². The minimum Gasteiger partial charge on any atom is -0.411 e. The van der Waals surface area contributed by atoms with Crippen LogP contribution in [0.1, 0.15) is 13.8 Å². The van der Waals surface area contributed by atoms with E-state index in [1.54, 1.807) is 16.7 Å². The van der Waals surface area contributed by atoms with Crippen LogP contribution in [0.4, 0.5) is 0 Å². The molecule has 3 rings (SSSR count). The number of thioether (sulfide) groups is 1. The average Bonchev–Trinajstić information content (AvgIpc) is 2.79. The highest BCUT2D eigenvalue weighted by molar-refractivity contribution is 8.00. The van der Waals surface area contributed by atoms with Crippen molar-refractivity contribution in [3.8, 4) is 0 Å². The van der Waals surface area contributed by atoms with Crippen molar-refractivity contribution in [2.45, 2.75) is 25.3 Å². The number of β-lactam (4-membered cyclic amide) rings is 1. The third-order valence-corrected chi connectivity index (χ3v) is 5.80. The molecule has 1 fully saturated rings. The Hall–Kier alpha value is -2.35. The van der Waals surface area contributed by atoms with E-state index in [1.807, 2.05) is 19.2 Å². The average molecular weight is 361 g/mol.